The van der Waals surface area contributed by atoms with Crippen LogP contribution in [0.5, 0.6) is 0 Å². The number of fused-ring (bicyclic) bond motifs is 1. The van der Waals surface area contributed by atoms with E-state index in [0.29, 0.717) is 31.2 Å². The Kier molecular flexibility index (Phi) is 4.55. The predicted octanol–water partition coefficient (Wildman–Crippen LogP) is 1.32. The number of carbonyl (C=O) groups is 1. The number of pyridine rings is 1. The molecule has 0 saturated carbocycles. The molecule has 0 saturated heterocycles. The maximum Gasteiger partial charge on any atom is 0.255 e. The highest BCUT2D eigenvalue weighted by Crippen LogP contribution is 2.09. The zero-order valence-corrected chi connectivity index (χ0v) is 10.6. The molecule has 6 heteroatoms. The van der Waals surface area contributed by atoms with Crippen molar-refractivity contribution in [2.75, 3.05) is 25.6 Å². The van der Waals surface area contributed by atoms with Gasteiger partial charge in [-0.3, -0.25) is 4.79 Å². The molecule has 0 bridgehead atoms. The van der Waals surface area contributed by atoms with Crippen LogP contribution in [0.15, 0.2) is 30.6 Å². The Morgan fingerprint density at radius 1 is 1.44 bits per heavy atom. The Morgan fingerprint density at radius 3 is 3.17 bits per heavy atom. The van der Waals surface area contributed by atoms with Crippen LogP contribution in [0.3, 0.4) is 0 Å². The van der Waals surface area contributed by atoms with Gasteiger partial charge < -0.3 is 10.1 Å². The highest BCUT2D eigenvalue weighted by molar-refractivity contribution is 6.17. The van der Waals surface area contributed by atoms with Crippen LogP contribution in [-0.2, 0) is 4.74 Å². The van der Waals surface area contributed by atoms with Crippen molar-refractivity contribution in [3.63, 3.8) is 0 Å². The third-order valence-electron chi connectivity index (χ3n) is 2.42. The molecule has 2 rings (SSSR count). The van der Waals surface area contributed by atoms with Crippen molar-refractivity contribution >= 4 is 23.0 Å². The van der Waals surface area contributed by atoms with Crippen molar-refractivity contribution in [3.05, 3.63) is 36.2 Å². The molecule has 0 aliphatic heterocycles. The van der Waals surface area contributed by atoms with E-state index in [4.69, 9.17) is 16.3 Å². The number of hydrogen-bond donors (Lipinski definition) is 1. The summed E-state index contributed by atoms with van der Waals surface area (Å²) in [5.41, 5.74) is 1.35. The summed E-state index contributed by atoms with van der Waals surface area (Å²) >= 11 is 5.47. The molecule has 0 radical (unpaired) electrons. The van der Waals surface area contributed by atoms with Crippen LogP contribution < -0.4 is 5.32 Å². The fourth-order valence-corrected chi connectivity index (χ4v) is 1.71. The van der Waals surface area contributed by atoms with Crippen molar-refractivity contribution in [1.82, 2.24) is 14.9 Å². The Morgan fingerprint density at radius 2 is 2.33 bits per heavy atom. The molecule has 0 aliphatic rings. The maximum absolute atomic E-state index is 11.9. The number of amides is 1. The summed E-state index contributed by atoms with van der Waals surface area (Å²) in [5.74, 6) is 0.313. The summed E-state index contributed by atoms with van der Waals surface area (Å²) in [7, 11) is 0. The van der Waals surface area contributed by atoms with E-state index in [9.17, 15) is 4.79 Å². The van der Waals surface area contributed by atoms with Gasteiger partial charge in [0.25, 0.3) is 5.91 Å². The number of hydrogen-bond acceptors (Lipinski definition) is 3. The number of ether oxygens (including phenoxy) is 1. The molecule has 96 valence electrons. The Hall–Kier alpha value is -1.59. The first-order valence-electron chi connectivity index (χ1n) is 5.67. The average Bonchev–Trinajstić information content (AvgIpc) is 2.82. The first kappa shape index (κ1) is 12.9. The molecular weight excluding hydrogens is 254 g/mol. The van der Waals surface area contributed by atoms with Gasteiger partial charge in [-0.05, 0) is 12.1 Å². The summed E-state index contributed by atoms with van der Waals surface area (Å²) in [6.45, 7) is 1.41. The molecular formula is C12H14ClN3O2. The van der Waals surface area contributed by atoms with E-state index in [1.807, 2.05) is 18.2 Å². The molecule has 0 aliphatic carbocycles. The second kappa shape index (κ2) is 6.37. The van der Waals surface area contributed by atoms with Crippen LogP contribution in [-0.4, -0.2) is 41.2 Å². The minimum atomic E-state index is -0.148. The molecule has 0 aromatic carbocycles. The van der Waals surface area contributed by atoms with Crippen LogP contribution in [0, 0.1) is 0 Å². The summed E-state index contributed by atoms with van der Waals surface area (Å²) in [6.07, 6.45) is 3.36. The average molecular weight is 268 g/mol. The van der Waals surface area contributed by atoms with Gasteiger partial charge in [0.15, 0.2) is 0 Å². The molecule has 1 amide bonds. The van der Waals surface area contributed by atoms with Gasteiger partial charge in [-0.1, -0.05) is 6.07 Å². The molecule has 5 nitrogen and oxygen atoms in total. The van der Waals surface area contributed by atoms with Crippen LogP contribution in [0.25, 0.3) is 5.52 Å². The molecule has 18 heavy (non-hydrogen) atoms. The lowest BCUT2D eigenvalue weighted by atomic mass is 10.2. The Balaban J connectivity index is 1.93. The normalized spacial score (nSPS) is 10.7. The minimum Gasteiger partial charge on any atom is -0.378 e. The molecule has 2 aromatic rings. The molecule has 0 atom stereocenters. The van der Waals surface area contributed by atoms with Crippen LogP contribution in [0.4, 0.5) is 0 Å². The minimum absolute atomic E-state index is 0.148. The summed E-state index contributed by atoms with van der Waals surface area (Å²) in [5, 5.41) is 6.88. The zero-order chi connectivity index (χ0) is 12.8. The highest BCUT2D eigenvalue weighted by atomic mass is 35.5. The second-order valence-corrected chi connectivity index (χ2v) is 4.02. The van der Waals surface area contributed by atoms with Gasteiger partial charge in [0, 0.05) is 18.6 Å². The lowest BCUT2D eigenvalue weighted by Gasteiger charge is -2.04. The van der Waals surface area contributed by atoms with Gasteiger partial charge in [-0.25, -0.2) is 4.52 Å². The maximum atomic E-state index is 11.9. The fourth-order valence-electron chi connectivity index (χ4n) is 1.60. The molecule has 1 N–H and O–H groups in total. The first-order chi connectivity index (χ1) is 8.83. The first-order valence-corrected chi connectivity index (χ1v) is 6.20. The quantitative estimate of drug-likeness (QED) is 0.634. The number of rotatable bonds is 6. The van der Waals surface area contributed by atoms with Crippen molar-refractivity contribution in [2.45, 2.75) is 0 Å². The molecule has 2 heterocycles. The third-order valence-corrected chi connectivity index (χ3v) is 2.58. The molecule has 0 unspecified atom stereocenters. The van der Waals surface area contributed by atoms with Crippen LogP contribution in [0.1, 0.15) is 10.4 Å². The predicted molar refractivity (Wildman–Crippen MR) is 69.1 cm³/mol. The van der Waals surface area contributed by atoms with Gasteiger partial charge >= 0.3 is 0 Å². The van der Waals surface area contributed by atoms with Crippen LogP contribution >= 0.6 is 11.6 Å². The fraction of sp³-hybridized carbons (Fsp3) is 0.333. The van der Waals surface area contributed by atoms with E-state index in [1.165, 1.54) is 0 Å². The lowest BCUT2D eigenvalue weighted by Crippen LogP contribution is -2.27. The van der Waals surface area contributed by atoms with Crippen molar-refractivity contribution in [3.8, 4) is 0 Å². The molecule has 0 spiro atoms. The number of aromatic nitrogens is 2. The van der Waals surface area contributed by atoms with Crippen LogP contribution in [0.2, 0.25) is 0 Å². The van der Waals surface area contributed by atoms with Gasteiger partial charge in [0.05, 0.1) is 30.5 Å². The summed E-state index contributed by atoms with van der Waals surface area (Å²) in [6, 6.07) is 5.59. The smallest absolute Gasteiger partial charge is 0.255 e. The van der Waals surface area contributed by atoms with Crippen molar-refractivity contribution in [1.29, 1.82) is 0 Å². The highest BCUT2D eigenvalue weighted by Gasteiger charge is 2.11. The number of alkyl halides is 1. The van der Waals surface area contributed by atoms with Gasteiger partial charge in [-0.2, -0.15) is 5.10 Å². The number of halogens is 1. The van der Waals surface area contributed by atoms with Crippen molar-refractivity contribution in [2.24, 2.45) is 0 Å². The van der Waals surface area contributed by atoms with E-state index < -0.39 is 0 Å². The van der Waals surface area contributed by atoms with E-state index in [2.05, 4.69) is 10.4 Å². The third kappa shape index (κ3) is 3.00. The zero-order valence-electron chi connectivity index (χ0n) is 9.80. The van der Waals surface area contributed by atoms with E-state index >= 15 is 0 Å². The second-order valence-electron chi connectivity index (χ2n) is 3.65. The van der Waals surface area contributed by atoms with Gasteiger partial charge in [0.2, 0.25) is 0 Å². The standard InChI is InChI=1S/C12H14ClN3O2/c13-4-7-18-8-5-14-12(17)10-9-15-16-6-2-1-3-11(10)16/h1-3,6,9H,4-5,7-8H2,(H,14,17). The Labute approximate surface area is 110 Å². The van der Waals surface area contributed by atoms with Gasteiger partial charge in [0.1, 0.15) is 0 Å². The molecule has 2 aromatic heterocycles. The number of nitrogens with one attached hydrogen (secondary N) is 1. The number of carbonyl (C=O) groups excluding carboxylic acids is 1. The number of nitrogens with zero attached hydrogens (tertiary/aromatic N) is 2. The summed E-state index contributed by atoms with van der Waals surface area (Å²) < 4.78 is 6.84. The SMILES string of the molecule is O=C(NCCOCCCl)c1cnn2ccccc12. The van der Waals surface area contributed by atoms with E-state index in [0.717, 1.165) is 5.52 Å². The topological polar surface area (TPSA) is 55.6 Å². The Bertz CT molecular complexity index is 527. The van der Waals surface area contributed by atoms with E-state index in [1.54, 1.807) is 16.9 Å². The largest absolute Gasteiger partial charge is 0.378 e. The molecule has 0 fully saturated rings. The summed E-state index contributed by atoms with van der Waals surface area (Å²) in [4.78, 5) is 11.9. The lowest BCUT2D eigenvalue weighted by molar-refractivity contribution is 0.0925. The monoisotopic (exact) mass is 267 g/mol. The van der Waals surface area contributed by atoms with Crippen molar-refractivity contribution < 1.29 is 9.53 Å². The van der Waals surface area contributed by atoms with Gasteiger partial charge in [-0.15, -0.1) is 11.6 Å². The van der Waals surface area contributed by atoms with E-state index in [-0.39, 0.29) is 5.91 Å².